The molecular weight excluding hydrogens is 540 g/mol. The summed E-state index contributed by atoms with van der Waals surface area (Å²) in [5.41, 5.74) is 5.44. The highest BCUT2D eigenvalue weighted by atomic mass is 35.5. The molecule has 1 saturated heterocycles. The lowest BCUT2D eigenvalue weighted by molar-refractivity contribution is 0.471. The largest absolute Gasteiger partial charge is 0.506 e. The molecule has 2 N–H and O–H groups in total. The molecule has 3 aromatic carbocycles. The predicted molar refractivity (Wildman–Crippen MR) is 163 cm³/mol. The number of aromatic nitrogens is 2. The molecule has 2 atom stereocenters. The minimum absolute atomic E-state index is 0.157. The molecule has 8 heteroatoms. The molecule has 1 aliphatic rings. The summed E-state index contributed by atoms with van der Waals surface area (Å²) in [5.74, 6) is 1.67. The van der Waals surface area contributed by atoms with Crippen molar-refractivity contribution < 1.29 is 9.84 Å². The number of thiocarbonyl (C=S) groups is 1. The van der Waals surface area contributed by atoms with Crippen molar-refractivity contribution in [2.24, 2.45) is 0 Å². The number of pyridine rings is 1. The van der Waals surface area contributed by atoms with E-state index in [1.165, 1.54) is 0 Å². The molecule has 1 fully saturated rings. The molecule has 3 heterocycles. The lowest BCUT2D eigenvalue weighted by atomic mass is 9.96. The number of benzene rings is 3. The van der Waals surface area contributed by atoms with Gasteiger partial charge in [-0.25, -0.2) is 0 Å². The summed E-state index contributed by atoms with van der Waals surface area (Å²) in [6.45, 7) is 4.07. The molecule has 0 radical (unpaired) electrons. The van der Waals surface area contributed by atoms with Crippen molar-refractivity contribution >= 4 is 34.6 Å². The molecule has 2 aromatic heterocycles. The molecule has 1 aliphatic heterocycles. The summed E-state index contributed by atoms with van der Waals surface area (Å²) in [6, 6.07) is 30.3. The Bertz CT molecular complexity index is 1670. The number of rotatable bonds is 6. The maximum atomic E-state index is 10.7. The Balaban J connectivity index is 1.44. The van der Waals surface area contributed by atoms with E-state index < -0.39 is 0 Å². The number of phenolic OH excluding ortho intramolecular Hbond substituents is 1. The first kappa shape index (κ1) is 25.9. The second-order valence-corrected chi connectivity index (χ2v) is 10.5. The van der Waals surface area contributed by atoms with E-state index in [0.29, 0.717) is 15.8 Å². The number of aryl methyl sites for hydroxylation is 1. The summed E-state index contributed by atoms with van der Waals surface area (Å²) in [5, 5.41) is 15.4. The highest BCUT2D eigenvalue weighted by Gasteiger charge is 2.42. The van der Waals surface area contributed by atoms with Crippen LogP contribution in [0.5, 0.6) is 17.2 Å². The van der Waals surface area contributed by atoms with Crippen LogP contribution in [-0.2, 0) is 0 Å². The minimum Gasteiger partial charge on any atom is -0.506 e. The highest BCUT2D eigenvalue weighted by Crippen LogP contribution is 2.44. The van der Waals surface area contributed by atoms with Gasteiger partial charge in [-0.2, -0.15) is 0 Å². The number of anilines is 1. The van der Waals surface area contributed by atoms with Gasteiger partial charge in [0, 0.05) is 28.3 Å². The fourth-order valence-electron chi connectivity index (χ4n) is 5.38. The fraction of sp³-hybridized carbons (Fsp3) is 0.125. The van der Waals surface area contributed by atoms with Crippen LogP contribution in [0.4, 0.5) is 5.69 Å². The van der Waals surface area contributed by atoms with Gasteiger partial charge in [0.1, 0.15) is 17.2 Å². The minimum atomic E-state index is -0.204. The van der Waals surface area contributed by atoms with Crippen molar-refractivity contribution in [3.05, 3.63) is 131 Å². The van der Waals surface area contributed by atoms with Gasteiger partial charge in [0.05, 0.1) is 23.5 Å². The van der Waals surface area contributed by atoms with E-state index in [1.807, 2.05) is 84.3 Å². The van der Waals surface area contributed by atoms with Crippen LogP contribution in [0.25, 0.3) is 5.69 Å². The molecule has 200 valence electrons. The zero-order valence-electron chi connectivity index (χ0n) is 22.0. The third-order valence-electron chi connectivity index (χ3n) is 7.16. The normalized spacial score (nSPS) is 16.7. The Morgan fingerprint density at radius 2 is 1.62 bits per heavy atom. The van der Waals surface area contributed by atoms with Gasteiger partial charge in [-0.05, 0) is 104 Å². The van der Waals surface area contributed by atoms with Crippen molar-refractivity contribution in [1.82, 2.24) is 14.9 Å². The first-order valence-corrected chi connectivity index (χ1v) is 13.7. The fourth-order valence-corrected chi connectivity index (χ4v) is 5.89. The zero-order chi connectivity index (χ0) is 27.8. The van der Waals surface area contributed by atoms with E-state index in [1.54, 1.807) is 24.4 Å². The summed E-state index contributed by atoms with van der Waals surface area (Å²) >= 11 is 12.2. The number of aromatic hydroxyl groups is 1. The molecule has 2 unspecified atom stereocenters. The lowest BCUT2D eigenvalue weighted by Crippen LogP contribution is -2.29. The molecule has 6 rings (SSSR count). The first-order valence-electron chi connectivity index (χ1n) is 12.9. The summed E-state index contributed by atoms with van der Waals surface area (Å²) < 4.78 is 8.05. The smallest absolute Gasteiger partial charge is 0.174 e. The van der Waals surface area contributed by atoms with Crippen LogP contribution in [-0.4, -0.2) is 19.8 Å². The van der Waals surface area contributed by atoms with E-state index in [9.17, 15) is 5.11 Å². The third kappa shape index (κ3) is 4.78. The lowest BCUT2D eigenvalue weighted by Gasteiger charge is -2.28. The summed E-state index contributed by atoms with van der Waals surface area (Å²) in [4.78, 5) is 6.80. The van der Waals surface area contributed by atoms with Gasteiger partial charge in [0.2, 0.25) is 0 Å². The highest BCUT2D eigenvalue weighted by molar-refractivity contribution is 7.80. The molecule has 0 aliphatic carbocycles. The Labute approximate surface area is 243 Å². The standard InChI is InChI=1S/C32H27ClN4O2S/c1-20-18-26(21(2)36(20)28-19-22(33)11-16-29(28)38)31-30(27-10-6-7-17-34-27)35-32(40)37(31)23-12-14-25(15-13-23)39-24-8-4-3-5-9-24/h3-19,30-31,38H,1-2H3,(H,35,40). The van der Waals surface area contributed by atoms with Crippen LogP contribution in [0.1, 0.15) is 34.7 Å². The van der Waals surface area contributed by atoms with E-state index in [2.05, 4.69) is 28.2 Å². The van der Waals surface area contributed by atoms with E-state index in [4.69, 9.17) is 28.6 Å². The molecule has 40 heavy (non-hydrogen) atoms. The average molecular weight is 567 g/mol. The molecule has 0 spiro atoms. The number of halogens is 1. The number of phenols is 1. The van der Waals surface area contributed by atoms with Crippen molar-refractivity contribution in [3.63, 3.8) is 0 Å². The van der Waals surface area contributed by atoms with Crippen molar-refractivity contribution in [2.75, 3.05) is 4.90 Å². The molecule has 0 saturated carbocycles. The second-order valence-electron chi connectivity index (χ2n) is 9.70. The predicted octanol–water partition coefficient (Wildman–Crippen LogP) is 7.82. The number of nitrogens with one attached hydrogen (secondary N) is 1. The molecule has 6 nitrogen and oxygen atoms in total. The van der Waals surface area contributed by atoms with Gasteiger partial charge in [-0.1, -0.05) is 35.9 Å². The van der Waals surface area contributed by atoms with Gasteiger partial charge >= 0.3 is 0 Å². The molecular formula is C32H27ClN4O2S. The van der Waals surface area contributed by atoms with Crippen LogP contribution in [0, 0.1) is 13.8 Å². The second kappa shape index (κ2) is 10.7. The van der Waals surface area contributed by atoms with Crippen LogP contribution in [0.15, 0.2) is 103 Å². The summed E-state index contributed by atoms with van der Waals surface area (Å²) in [6.07, 6.45) is 1.79. The topological polar surface area (TPSA) is 62.5 Å². The van der Waals surface area contributed by atoms with Crippen LogP contribution >= 0.6 is 23.8 Å². The van der Waals surface area contributed by atoms with E-state index in [0.717, 1.165) is 39.8 Å². The van der Waals surface area contributed by atoms with E-state index in [-0.39, 0.29) is 17.8 Å². The Kier molecular flexibility index (Phi) is 6.92. The average Bonchev–Trinajstić information content (AvgIpc) is 3.46. The van der Waals surface area contributed by atoms with Crippen LogP contribution in [0.2, 0.25) is 5.02 Å². The van der Waals surface area contributed by atoms with Gasteiger partial charge in [0.15, 0.2) is 5.11 Å². The van der Waals surface area contributed by atoms with Gasteiger partial charge in [-0.15, -0.1) is 0 Å². The van der Waals surface area contributed by atoms with Gasteiger partial charge in [0.25, 0.3) is 0 Å². The molecule has 0 amide bonds. The molecule has 0 bridgehead atoms. The van der Waals surface area contributed by atoms with Gasteiger partial charge in [-0.3, -0.25) is 4.98 Å². The monoisotopic (exact) mass is 566 g/mol. The SMILES string of the molecule is Cc1cc(C2C(c3ccccn3)NC(=S)N2c2ccc(Oc3ccccc3)cc2)c(C)n1-c1cc(Cl)ccc1O. The van der Waals surface area contributed by atoms with Crippen molar-refractivity contribution in [1.29, 1.82) is 0 Å². The van der Waals surface area contributed by atoms with Crippen LogP contribution in [0.3, 0.4) is 0 Å². The third-order valence-corrected chi connectivity index (χ3v) is 7.71. The number of ether oxygens (including phenoxy) is 1. The quantitative estimate of drug-likeness (QED) is 0.204. The number of hydrogen-bond acceptors (Lipinski definition) is 4. The first-order chi connectivity index (χ1) is 19.4. The zero-order valence-corrected chi connectivity index (χ0v) is 23.5. The van der Waals surface area contributed by atoms with E-state index >= 15 is 0 Å². The van der Waals surface area contributed by atoms with Gasteiger partial charge < -0.3 is 24.6 Å². The molecule has 5 aromatic rings. The Hall–Kier alpha value is -4.33. The van der Waals surface area contributed by atoms with Crippen molar-refractivity contribution in [3.8, 4) is 22.9 Å². The number of hydrogen-bond donors (Lipinski definition) is 2. The Morgan fingerprint density at radius 3 is 2.35 bits per heavy atom. The maximum Gasteiger partial charge on any atom is 0.174 e. The number of para-hydroxylation sites is 1. The number of nitrogens with zero attached hydrogens (tertiary/aromatic N) is 3. The van der Waals surface area contributed by atoms with Crippen LogP contribution < -0.4 is 15.0 Å². The van der Waals surface area contributed by atoms with Crippen molar-refractivity contribution in [2.45, 2.75) is 25.9 Å². The maximum absolute atomic E-state index is 10.7. The summed E-state index contributed by atoms with van der Waals surface area (Å²) in [7, 11) is 0. The Morgan fingerprint density at radius 1 is 0.900 bits per heavy atom.